The van der Waals surface area contributed by atoms with Gasteiger partial charge in [0.1, 0.15) is 5.82 Å². The summed E-state index contributed by atoms with van der Waals surface area (Å²) < 4.78 is 39.9. The van der Waals surface area contributed by atoms with Crippen molar-refractivity contribution >= 4 is 38.3 Å². The lowest BCUT2D eigenvalue weighted by molar-refractivity contribution is -0.144. The van der Waals surface area contributed by atoms with Crippen LogP contribution in [0.5, 0.6) is 0 Å². The number of halogens is 4. The molecule has 3 aromatic rings. The van der Waals surface area contributed by atoms with Gasteiger partial charge in [-0.2, -0.15) is 13.2 Å². The average molecular weight is 382 g/mol. The third kappa shape index (κ3) is 3.44. The monoisotopic (exact) mass is 381 g/mol. The number of aryl methyl sites for hydroxylation is 1. The molecule has 0 radical (unpaired) electrons. The van der Waals surface area contributed by atoms with E-state index in [9.17, 15) is 13.2 Å². The summed E-state index contributed by atoms with van der Waals surface area (Å²) in [5.41, 5.74) is 1.79. The van der Waals surface area contributed by atoms with Crippen LogP contribution in [-0.4, -0.2) is 9.97 Å². The number of nitrogens with one attached hydrogen (secondary N) is 1. The molecule has 0 atom stereocenters. The zero-order valence-corrected chi connectivity index (χ0v) is 13.5. The molecule has 0 spiro atoms. The number of nitrogens with zero attached hydrogens (tertiary/aromatic N) is 2. The van der Waals surface area contributed by atoms with Crippen molar-refractivity contribution in [3.63, 3.8) is 0 Å². The lowest BCUT2D eigenvalue weighted by atomic mass is 10.1. The van der Waals surface area contributed by atoms with Gasteiger partial charge < -0.3 is 5.32 Å². The third-order valence-electron chi connectivity index (χ3n) is 3.19. The van der Waals surface area contributed by atoms with E-state index >= 15 is 0 Å². The summed E-state index contributed by atoms with van der Waals surface area (Å²) >= 11 is 3.33. The lowest BCUT2D eigenvalue weighted by Crippen LogP contribution is -2.12. The van der Waals surface area contributed by atoms with E-state index < -0.39 is 12.0 Å². The molecular weight excluding hydrogens is 371 g/mol. The molecule has 3 rings (SSSR count). The van der Waals surface area contributed by atoms with Gasteiger partial charge in [0, 0.05) is 15.5 Å². The molecule has 1 aromatic heterocycles. The van der Waals surface area contributed by atoms with Crippen LogP contribution in [-0.2, 0) is 6.18 Å². The smallest absolute Gasteiger partial charge is 0.340 e. The first-order valence-corrected chi connectivity index (χ1v) is 7.50. The predicted octanol–water partition coefficient (Wildman–Crippen LogP) is 5.46. The molecule has 0 bridgehead atoms. The standard InChI is InChI=1S/C16H11BrF3N3/c1-9-5-6-13-12(7-9)14(23-15(22-13)16(18,19)20)21-11-4-2-3-10(17)8-11/h2-8H,1H3,(H,21,22,23). The molecule has 0 aliphatic heterocycles. The SMILES string of the molecule is Cc1ccc2nc(C(F)(F)F)nc(Nc3cccc(Br)c3)c2c1. The van der Waals surface area contributed by atoms with Gasteiger partial charge in [-0.1, -0.05) is 33.6 Å². The molecule has 7 heteroatoms. The Kier molecular flexibility index (Phi) is 3.97. The molecule has 0 amide bonds. The first-order valence-electron chi connectivity index (χ1n) is 6.71. The van der Waals surface area contributed by atoms with Gasteiger partial charge in [-0.05, 0) is 37.3 Å². The van der Waals surface area contributed by atoms with Crippen molar-refractivity contribution in [2.24, 2.45) is 0 Å². The Bertz CT molecular complexity index is 878. The van der Waals surface area contributed by atoms with Gasteiger partial charge in [-0.3, -0.25) is 0 Å². The van der Waals surface area contributed by atoms with E-state index in [0.29, 0.717) is 11.1 Å². The summed E-state index contributed by atoms with van der Waals surface area (Å²) in [6.07, 6.45) is -4.60. The summed E-state index contributed by atoms with van der Waals surface area (Å²) in [4.78, 5) is 7.30. The quantitative estimate of drug-likeness (QED) is 0.639. The summed E-state index contributed by atoms with van der Waals surface area (Å²) in [6.45, 7) is 1.86. The molecule has 1 N–H and O–H groups in total. The van der Waals surface area contributed by atoms with Gasteiger partial charge in [0.25, 0.3) is 0 Å². The third-order valence-corrected chi connectivity index (χ3v) is 3.69. The maximum atomic E-state index is 13.0. The lowest BCUT2D eigenvalue weighted by Gasteiger charge is -2.13. The number of aromatic nitrogens is 2. The predicted molar refractivity (Wildman–Crippen MR) is 86.7 cm³/mol. The van der Waals surface area contributed by atoms with Gasteiger partial charge in [0.05, 0.1) is 5.52 Å². The van der Waals surface area contributed by atoms with Gasteiger partial charge in [0.15, 0.2) is 0 Å². The number of anilines is 2. The van der Waals surface area contributed by atoms with E-state index in [1.54, 1.807) is 36.4 Å². The molecule has 0 aliphatic rings. The molecule has 0 saturated carbocycles. The summed E-state index contributed by atoms with van der Waals surface area (Å²) in [6, 6.07) is 12.2. The molecular formula is C16H11BrF3N3. The fraction of sp³-hybridized carbons (Fsp3) is 0.125. The van der Waals surface area contributed by atoms with Crippen molar-refractivity contribution in [1.82, 2.24) is 9.97 Å². The van der Waals surface area contributed by atoms with Crippen molar-refractivity contribution in [2.45, 2.75) is 13.1 Å². The van der Waals surface area contributed by atoms with Crippen LogP contribution in [0.3, 0.4) is 0 Å². The Labute approximate surface area is 138 Å². The number of hydrogen-bond donors (Lipinski definition) is 1. The maximum Gasteiger partial charge on any atom is 0.451 e. The van der Waals surface area contributed by atoms with E-state index in [1.165, 1.54) is 0 Å². The molecule has 0 fully saturated rings. The zero-order valence-electron chi connectivity index (χ0n) is 11.9. The van der Waals surface area contributed by atoms with Gasteiger partial charge in [0.2, 0.25) is 5.82 Å². The van der Waals surface area contributed by atoms with Crippen LogP contribution < -0.4 is 5.32 Å². The van der Waals surface area contributed by atoms with Gasteiger partial charge in [-0.25, -0.2) is 9.97 Å². The molecule has 0 unspecified atom stereocenters. The fourth-order valence-electron chi connectivity index (χ4n) is 2.17. The summed E-state index contributed by atoms with van der Waals surface area (Å²) in [5, 5.41) is 3.49. The first-order chi connectivity index (χ1) is 10.8. The summed E-state index contributed by atoms with van der Waals surface area (Å²) in [5.74, 6) is -1.03. The summed E-state index contributed by atoms with van der Waals surface area (Å²) in [7, 11) is 0. The second-order valence-corrected chi connectivity index (χ2v) is 5.97. The molecule has 23 heavy (non-hydrogen) atoms. The highest BCUT2D eigenvalue weighted by Gasteiger charge is 2.35. The van der Waals surface area contributed by atoms with E-state index in [0.717, 1.165) is 10.0 Å². The van der Waals surface area contributed by atoms with Crippen molar-refractivity contribution in [3.05, 3.63) is 58.3 Å². The number of benzene rings is 2. The molecule has 1 heterocycles. The topological polar surface area (TPSA) is 37.8 Å². The number of fused-ring (bicyclic) bond motifs is 1. The van der Waals surface area contributed by atoms with Crippen molar-refractivity contribution in [1.29, 1.82) is 0 Å². The minimum Gasteiger partial charge on any atom is -0.340 e. The van der Waals surface area contributed by atoms with Crippen LogP contribution in [0.25, 0.3) is 10.9 Å². The highest BCUT2D eigenvalue weighted by atomic mass is 79.9. The van der Waals surface area contributed by atoms with E-state index in [1.807, 2.05) is 13.0 Å². The van der Waals surface area contributed by atoms with Crippen molar-refractivity contribution in [3.8, 4) is 0 Å². The van der Waals surface area contributed by atoms with Crippen molar-refractivity contribution in [2.75, 3.05) is 5.32 Å². The Morgan fingerprint density at radius 3 is 2.52 bits per heavy atom. The molecule has 0 aliphatic carbocycles. The number of hydrogen-bond acceptors (Lipinski definition) is 3. The first kappa shape index (κ1) is 15.7. The highest BCUT2D eigenvalue weighted by molar-refractivity contribution is 9.10. The number of rotatable bonds is 2. The van der Waals surface area contributed by atoms with Gasteiger partial charge in [-0.15, -0.1) is 0 Å². The average Bonchev–Trinajstić information content (AvgIpc) is 2.46. The van der Waals surface area contributed by atoms with Crippen LogP contribution in [0.1, 0.15) is 11.4 Å². The molecule has 0 saturated heterocycles. The molecule has 3 nitrogen and oxygen atoms in total. The van der Waals surface area contributed by atoms with E-state index in [2.05, 4.69) is 31.2 Å². The van der Waals surface area contributed by atoms with Crippen LogP contribution in [0, 0.1) is 6.92 Å². The normalized spacial score (nSPS) is 11.7. The van der Waals surface area contributed by atoms with E-state index in [-0.39, 0.29) is 11.3 Å². The second kappa shape index (κ2) is 5.81. The molecule has 2 aromatic carbocycles. The van der Waals surface area contributed by atoms with Crippen LogP contribution >= 0.6 is 15.9 Å². The minimum absolute atomic E-state index is 0.129. The fourth-order valence-corrected chi connectivity index (χ4v) is 2.57. The van der Waals surface area contributed by atoms with E-state index in [4.69, 9.17) is 0 Å². The number of alkyl halides is 3. The Morgan fingerprint density at radius 1 is 1.04 bits per heavy atom. The minimum atomic E-state index is -4.60. The van der Waals surface area contributed by atoms with Crippen LogP contribution in [0.2, 0.25) is 0 Å². The van der Waals surface area contributed by atoms with Crippen LogP contribution in [0.15, 0.2) is 46.9 Å². The van der Waals surface area contributed by atoms with Gasteiger partial charge >= 0.3 is 6.18 Å². The van der Waals surface area contributed by atoms with Crippen molar-refractivity contribution < 1.29 is 13.2 Å². The second-order valence-electron chi connectivity index (χ2n) is 5.05. The Balaban J connectivity index is 2.18. The van der Waals surface area contributed by atoms with Crippen LogP contribution in [0.4, 0.5) is 24.7 Å². The Morgan fingerprint density at radius 2 is 1.83 bits per heavy atom. The maximum absolute atomic E-state index is 13.0. The largest absolute Gasteiger partial charge is 0.451 e. The Hall–Kier alpha value is -2.15. The molecule has 118 valence electrons. The zero-order chi connectivity index (χ0) is 16.6. The highest BCUT2D eigenvalue weighted by Crippen LogP contribution is 2.32.